The van der Waals surface area contributed by atoms with Gasteiger partial charge in [0, 0.05) is 68.1 Å². The summed E-state index contributed by atoms with van der Waals surface area (Å²) in [6.07, 6.45) is 25.6. The maximum Gasteiger partial charge on any atom is 0.249 e. The highest BCUT2D eigenvalue weighted by Gasteiger charge is 2.40. The fourth-order valence-electron chi connectivity index (χ4n) is 9.22. The van der Waals surface area contributed by atoms with Crippen molar-refractivity contribution >= 4 is 41.5 Å². The average Bonchev–Trinajstić information content (AvgIpc) is 3.33. The Morgan fingerprint density at radius 1 is 1.07 bits per heavy atom. The highest BCUT2D eigenvalue weighted by atomic mass is 16.5. The van der Waals surface area contributed by atoms with Crippen molar-refractivity contribution < 1.29 is 23.9 Å². The Morgan fingerprint density at radius 3 is 2.55 bits per heavy atom. The maximum atomic E-state index is 13.4. The number of aromatic nitrogens is 2. The molecule has 7 N–H and O–H groups in total. The molecule has 0 bridgehead atoms. The van der Waals surface area contributed by atoms with Gasteiger partial charge in [0.05, 0.1) is 25.0 Å². The summed E-state index contributed by atoms with van der Waals surface area (Å²) < 4.78 is 5.58. The van der Waals surface area contributed by atoms with E-state index < -0.39 is 6.04 Å². The van der Waals surface area contributed by atoms with E-state index in [2.05, 4.69) is 51.5 Å². The van der Waals surface area contributed by atoms with Gasteiger partial charge in [0.2, 0.25) is 23.7 Å². The normalized spacial score (nSPS) is 20.7. The number of carbonyl (C=O) groups is 4. The Balaban J connectivity index is 1.06. The third-order valence-corrected chi connectivity index (χ3v) is 13.0. The third-order valence-electron chi connectivity index (χ3n) is 13.0. The van der Waals surface area contributed by atoms with Gasteiger partial charge in [-0.25, -0.2) is 10.8 Å². The molecule has 1 aliphatic carbocycles. The number of unbranched alkanes of at least 4 members (excludes halogenated alkanes) is 3. The lowest BCUT2D eigenvalue weighted by Crippen LogP contribution is -2.56. The Kier molecular flexibility index (Phi) is 20.4. The molecule has 2 fully saturated rings. The lowest BCUT2D eigenvalue weighted by Gasteiger charge is -2.44. The Labute approximate surface area is 397 Å². The first-order valence-corrected chi connectivity index (χ1v) is 24.1. The smallest absolute Gasteiger partial charge is 0.249 e. The van der Waals surface area contributed by atoms with Crippen molar-refractivity contribution in [2.75, 3.05) is 42.9 Å². The standard InChI is InChI=1S/C51H73N11O5/c1-7-19-39(8-2)62-43(9-3)50(66)60(5)45-33-55-51(58-48(45)62)56-42(46(32-52)67-6)23-15-13-17-31-61(53)40-26-24-38(25-27-40)54-30-16-12-10-11-14-20-36-21-18-22-37(35-63)41(36)34-59(4)44-28-29-47(64)57-49(44)65/h13,15,17-18,21-23,31-33,35,38-40,43-44,54H,7-12,16,19,24-30,34,52-53H2,1-6H3,(H,55,56,58)(H,57,64,65)/b15-13+,31-17+,42-23+,46-32+/t38?,39?,40?,43-,44?/m1/s1. The fraction of sp³-hybridized carbons (Fsp3) is 0.529. The van der Waals surface area contributed by atoms with E-state index in [9.17, 15) is 19.2 Å². The minimum Gasteiger partial charge on any atom is -0.493 e. The lowest BCUT2D eigenvalue weighted by atomic mass is 9.91. The number of ether oxygens (including phenoxy) is 1. The van der Waals surface area contributed by atoms with Gasteiger partial charge in [-0.15, -0.1) is 0 Å². The molecule has 67 heavy (non-hydrogen) atoms. The minimum absolute atomic E-state index is 0.0498. The van der Waals surface area contributed by atoms with Crippen molar-refractivity contribution in [1.82, 2.24) is 30.5 Å². The molecule has 3 heterocycles. The molecule has 5 rings (SSSR count). The highest BCUT2D eigenvalue weighted by Crippen LogP contribution is 2.38. The van der Waals surface area contributed by atoms with E-state index in [-0.39, 0.29) is 35.8 Å². The molecule has 362 valence electrons. The summed E-state index contributed by atoms with van der Waals surface area (Å²) in [4.78, 5) is 64.6. The molecule has 3 atom stereocenters. The maximum absolute atomic E-state index is 13.4. The quantitative estimate of drug-likeness (QED) is 0.0124. The number of anilines is 3. The molecule has 2 unspecified atom stereocenters. The van der Waals surface area contributed by atoms with E-state index in [1.165, 1.54) is 6.20 Å². The van der Waals surface area contributed by atoms with Crippen LogP contribution in [0.4, 0.5) is 17.5 Å². The van der Waals surface area contributed by atoms with Crippen LogP contribution in [0.2, 0.25) is 0 Å². The van der Waals surface area contributed by atoms with Crippen LogP contribution in [0.15, 0.2) is 72.6 Å². The van der Waals surface area contributed by atoms with E-state index in [1.54, 1.807) is 36.3 Å². The van der Waals surface area contributed by atoms with Crippen LogP contribution < -0.4 is 37.3 Å². The monoisotopic (exact) mass is 920 g/mol. The molecule has 2 aliphatic heterocycles. The van der Waals surface area contributed by atoms with Gasteiger partial charge in [0.15, 0.2) is 11.6 Å². The highest BCUT2D eigenvalue weighted by molar-refractivity contribution is 6.04. The number of allylic oxidation sites excluding steroid dienone is 4. The van der Waals surface area contributed by atoms with Crippen LogP contribution >= 0.6 is 0 Å². The van der Waals surface area contributed by atoms with E-state index in [1.807, 2.05) is 61.5 Å². The number of carbonyl (C=O) groups excluding carboxylic acids is 4. The number of hydrazine groups is 1. The Hall–Kier alpha value is -6.02. The number of piperidine rings is 1. The SMILES string of the molecule is CCCC(CC)N1c2nc(NC(=C/C=C/C=C/N(N)C3CCC(NCCCCCC#Cc4cccc(C=O)c4CN(C)C4CCC(=O)NC4=O)CC3)/C(=C\N)OC)ncc2N(C)C(=O)[C@H]1CC. The number of fused-ring (bicyclic) bond motifs is 1. The molecule has 0 radical (unpaired) electrons. The topological polar surface area (TPSA) is 204 Å². The van der Waals surface area contributed by atoms with Crippen molar-refractivity contribution in [2.45, 2.75) is 147 Å². The summed E-state index contributed by atoms with van der Waals surface area (Å²) in [5, 5.41) is 11.3. The van der Waals surface area contributed by atoms with Crippen LogP contribution in [0.5, 0.6) is 0 Å². The molecule has 1 aromatic carbocycles. The number of likely N-dealkylation sites (N-methyl/N-ethyl adjacent to an activating group) is 2. The van der Waals surface area contributed by atoms with Crippen molar-refractivity contribution in [1.29, 1.82) is 0 Å². The first kappa shape index (κ1) is 52.0. The van der Waals surface area contributed by atoms with Gasteiger partial charge in [0.25, 0.3) is 0 Å². The number of rotatable bonds is 23. The summed E-state index contributed by atoms with van der Waals surface area (Å²) in [6.45, 7) is 7.70. The number of nitrogens with one attached hydrogen (secondary N) is 3. The van der Waals surface area contributed by atoms with E-state index in [4.69, 9.17) is 21.3 Å². The number of methoxy groups -OCH3 is 1. The summed E-state index contributed by atoms with van der Waals surface area (Å²) in [6, 6.07) is 5.68. The zero-order valence-electron chi connectivity index (χ0n) is 40.4. The van der Waals surface area contributed by atoms with Crippen LogP contribution in [0.1, 0.15) is 132 Å². The molecule has 1 saturated carbocycles. The van der Waals surface area contributed by atoms with Gasteiger partial charge >= 0.3 is 0 Å². The van der Waals surface area contributed by atoms with Crippen molar-refractivity contribution in [3.05, 3.63) is 89.2 Å². The van der Waals surface area contributed by atoms with Gasteiger partial charge in [-0.3, -0.25) is 29.4 Å². The molecule has 1 saturated heterocycles. The summed E-state index contributed by atoms with van der Waals surface area (Å²) in [5.74, 6) is 14.1. The molecule has 0 spiro atoms. The van der Waals surface area contributed by atoms with Gasteiger partial charge < -0.3 is 35.9 Å². The number of imide groups is 1. The van der Waals surface area contributed by atoms with Crippen molar-refractivity contribution in [3.8, 4) is 11.8 Å². The van der Waals surface area contributed by atoms with E-state index in [0.29, 0.717) is 60.5 Å². The minimum atomic E-state index is -0.430. The van der Waals surface area contributed by atoms with Gasteiger partial charge in [-0.1, -0.05) is 69.7 Å². The molecule has 16 heteroatoms. The van der Waals surface area contributed by atoms with Crippen LogP contribution in [0.3, 0.4) is 0 Å². The first-order chi connectivity index (χ1) is 32.5. The van der Waals surface area contributed by atoms with Crippen LogP contribution in [0.25, 0.3) is 0 Å². The largest absolute Gasteiger partial charge is 0.493 e. The van der Waals surface area contributed by atoms with Crippen LogP contribution in [-0.2, 0) is 25.7 Å². The first-order valence-electron chi connectivity index (χ1n) is 24.1. The zero-order valence-corrected chi connectivity index (χ0v) is 40.4. The average molecular weight is 920 g/mol. The fourth-order valence-corrected chi connectivity index (χ4v) is 9.22. The number of nitrogens with two attached hydrogens (primary N) is 2. The number of amides is 3. The number of hydrogen-bond acceptors (Lipinski definition) is 14. The molecule has 16 nitrogen and oxygen atoms in total. The molecule has 1 aromatic heterocycles. The predicted octanol–water partition coefficient (Wildman–Crippen LogP) is 6.17. The number of benzene rings is 1. The van der Waals surface area contributed by atoms with Crippen molar-refractivity contribution in [3.63, 3.8) is 0 Å². The Morgan fingerprint density at radius 2 is 1.87 bits per heavy atom. The van der Waals surface area contributed by atoms with Crippen LogP contribution in [-0.4, -0.2) is 102 Å². The molecule has 3 amide bonds. The Bertz CT molecular complexity index is 2190. The lowest BCUT2D eigenvalue weighted by molar-refractivity contribution is -0.137. The number of hydrogen-bond donors (Lipinski definition) is 5. The van der Waals surface area contributed by atoms with Gasteiger partial charge in [-0.05, 0) is 102 Å². The molecular formula is C51H73N11O5. The summed E-state index contributed by atoms with van der Waals surface area (Å²) in [7, 11) is 5.17. The van der Waals surface area contributed by atoms with Gasteiger partial charge in [0.1, 0.15) is 18.0 Å². The second-order valence-electron chi connectivity index (χ2n) is 17.5. The second-order valence-corrected chi connectivity index (χ2v) is 17.5. The van der Waals surface area contributed by atoms with E-state index >= 15 is 0 Å². The summed E-state index contributed by atoms with van der Waals surface area (Å²) in [5.41, 5.74) is 9.35. The molecular weight excluding hydrogens is 847 g/mol. The van der Waals surface area contributed by atoms with Crippen molar-refractivity contribution in [2.24, 2.45) is 11.6 Å². The molecule has 2 aromatic rings. The number of nitrogens with zero attached hydrogens (tertiary/aromatic N) is 6. The second kappa shape index (κ2) is 26.4. The number of aldehydes is 1. The third kappa shape index (κ3) is 14.0. The summed E-state index contributed by atoms with van der Waals surface area (Å²) >= 11 is 0. The van der Waals surface area contributed by atoms with Gasteiger partial charge in [-0.2, -0.15) is 4.98 Å². The zero-order chi connectivity index (χ0) is 48.3. The van der Waals surface area contributed by atoms with E-state index in [0.717, 1.165) is 100 Å². The molecule has 3 aliphatic rings. The predicted molar refractivity (Wildman–Crippen MR) is 265 cm³/mol. The van der Waals surface area contributed by atoms with Crippen LogP contribution in [0, 0.1) is 11.8 Å².